The molecule has 0 aliphatic carbocycles. The van der Waals surface area contributed by atoms with Crippen LogP contribution in [0.1, 0.15) is 18.3 Å². The van der Waals surface area contributed by atoms with Gasteiger partial charge in [-0.2, -0.15) is 0 Å². The topological polar surface area (TPSA) is 38.0 Å². The normalized spacial score (nSPS) is 12.8. The maximum Gasteiger partial charge on any atom is 0.114 e. The number of hydrogen-bond donors (Lipinski definition) is 1. The largest absolute Gasteiger partial charge is 0.392 e. The van der Waals surface area contributed by atoms with E-state index in [2.05, 4.69) is 47.0 Å². The fraction of sp³-hybridized carbons (Fsp3) is 0.190. The van der Waals surface area contributed by atoms with Crippen LogP contribution in [-0.2, 0) is 13.0 Å². The van der Waals surface area contributed by atoms with Crippen LogP contribution in [0.5, 0.6) is 0 Å². The predicted molar refractivity (Wildman–Crippen MR) is 103 cm³/mol. The summed E-state index contributed by atoms with van der Waals surface area (Å²) in [5.74, 6) is 0.939. The minimum atomic E-state index is -0.445. The lowest BCUT2D eigenvalue weighted by Gasteiger charge is -2.12. The highest BCUT2D eigenvalue weighted by Crippen LogP contribution is 2.25. The van der Waals surface area contributed by atoms with Crippen molar-refractivity contribution in [2.45, 2.75) is 26.0 Å². The zero-order valence-electron chi connectivity index (χ0n) is 14.0. The van der Waals surface area contributed by atoms with Crippen LogP contribution in [0.3, 0.4) is 0 Å². The number of halogens is 1. The molecule has 4 aromatic rings. The molecule has 0 amide bonds. The number of fused-ring (bicyclic) bond motifs is 2. The second kappa shape index (κ2) is 6.51. The van der Waals surface area contributed by atoms with Gasteiger partial charge in [-0.15, -0.1) is 0 Å². The molecular formula is C21H19ClN2O. The van der Waals surface area contributed by atoms with Crippen LogP contribution < -0.4 is 0 Å². The lowest BCUT2D eigenvalue weighted by atomic mass is 10.0. The number of benzene rings is 3. The van der Waals surface area contributed by atoms with Crippen LogP contribution in [0.25, 0.3) is 21.8 Å². The van der Waals surface area contributed by atoms with Crippen molar-refractivity contribution in [1.82, 2.24) is 9.55 Å². The average molecular weight is 351 g/mol. The van der Waals surface area contributed by atoms with Crippen molar-refractivity contribution < 1.29 is 5.11 Å². The lowest BCUT2D eigenvalue weighted by molar-refractivity contribution is 0.174. The van der Waals surface area contributed by atoms with E-state index >= 15 is 0 Å². The Labute approximate surface area is 151 Å². The molecule has 0 radical (unpaired) electrons. The van der Waals surface area contributed by atoms with Gasteiger partial charge in [0.05, 0.1) is 23.7 Å². The predicted octanol–water partition coefficient (Wildman–Crippen LogP) is 4.81. The van der Waals surface area contributed by atoms with Crippen molar-refractivity contribution in [1.29, 1.82) is 0 Å². The summed E-state index contributed by atoms with van der Waals surface area (Å²) in [6.45, 7) is 2.31. The molecule has 3 nitrogen and oxygen atoms in total. The van der Waals surface area contributed by atoms with Crippen molar-refractivity contribution in [3.63, 3.8) is 0 Å². The van der Waals surface area contributed by atoms with E-state index in [0.29, 0.717) is 18.0 Å². The molecule has 3 aromatic carbocycles. The molecule has 1 N–H and O–H groups in total. The van der Waals surface area contributed by atoms with Crippen LogP contribution in [0, 0.1) is 0 Å². The molecule has 25 heavy (non-hydrogen) atoms. The van der Waals surface area contributed by atoms with E-state index < -0.39 is 6.10 Å². The minimum Gasteiger partial charge on any atom is -0.392 e. The second-order valence-electron chi connectivity index (χ2n) is 6.44. The molecule has 0 fully saturated rings. The Hall–Kier alpha value is -2.36. The third-order valence-electron chi connectivity index (χ3n) is 4.46. The van der Waals surface area contributed by atoms with Crippen molar-refractivity contribution >= 4 is 33.4 Å². The van der Waals surface area contributed by atoms with Crippen LogP contribution in [0.15, 0.2) is 60.7 Å². The minimum absolute atomic E-state index is 0.445. The van der Waals surface area contributed by atoms with Crippen molar-refractivity contribution in [2.75, 3.05) is 0 Å². The van der Waals surface area contributed by atoms with Gasteiger partial charge in [-0.1, -0.05) is 54.1 Å². The number of aliphatic hydroxyl groups is 1. The third kappa shape index (κ3) is 3.13. The second-order valence-corrected chi connectivity index (χ2v) is 6.87. The highest BCUT2D eigenvalue weighted by molar-refractivity contribution is 6.31. The first kappa shape index (κ1) is 16.1. The van der Waals surface area contributed by atoms with Gasteiger partial charge in [-0.05, 0) is 41.5 Å². The first-order chi connectivity index (χ1) is 12.1. The quantitative estimate of drug-likeness (QED) is 0.573. The van der Waals surface area contributed by atoms with Gasteiger partial charge in [0, 0.05) is 11.4 Å². The van der Waals surface area contributed by atoms with Crippen LogP contribution in [0.2, 0.25) is 5.02 Å². The van der Waals surface area contributed by atoms with Gasteiger partial charge in [0.1, 0.15) is 5.82 Å². The van der Waals surface area contributed by atoms with Gasteiger partial charge in [0.2, 0.25) is 0 Å². The summed E-state index contributed by atoms with van der Waals surface area (Å²) in [5, 5.41) is 13.1. The summed E-state index contributed by atoms with van der Waals surface area (Å²) in [5.41, 5.74) is 3.09. The van der Waals surface area contributed by atoms with Crippen LogP contribution in [0.4, 0.5) is 0 Å². The molecule has 0 aliphatic rings. The van der Waals surface area contributed by atoms with Gasteiger partial charge < -0.3 is 9.67 Å². The highest BCUT2D eigenvalue weighted by Gasteiger charge is 2.14. The van der Waals surface area contributed by atoms with Gasteiger partial charge >= 0.3 is 0 Å². The summed E-state index contributed by atoms with van der Waals surface area (Å²) in [7, 11) is 0. The van der Waals surface area contributed by atoms with E-state index in [-0.39, 0.29) is 0 Å². The van der Waals surface area contributed by atoms with E-state index in [1.165, 1.54) is 16.3 Å². The molecule has 0 aliphatic heterocycles. The van der Waals surface area contributed by atoms with Crippen molar-refractivity contribution in [2.24, 2.45) is 0 Å². The standard InChI is InChI=1S/C21H19ClN2O/c1-14(25)13-24-20-10-9-17(22)12-19(20)23-21(24)11-16-7-4-6-15-5-2-3-8-18(15)16/h2-10,12,14,25H,11,13H2,1H3. The third-order valence-corrected chi connectivity index (χ3v) is 4.70. The number of rotatable bonds is 4. The summed E-state index contributed by atoms with van der Waals surface area (Å²) in [4.78, 5) is 4.80. The fourth-order valence-electron chi connectivity index (χ4n) is 3.37. The molecule has 1 atom stereocenters. The summed E-state index contributed by atoms with van der Waals surface area (Å²) in [6.07, 6.45) is 0.264. The smallest absolute Gasteiger partial charge is 0.114 e. The molecule has 1 aromatic heterocycles. The van der Waals surface area contributed by atoms with Gasteiger partial charge in [0.25, 0.3) is 0 Å². The first-order valence-electron chi connectivity index (χ1n) is 8.41. The highest BCUT2D eigenvalue weighted by atomic mass is 35.5. The maximum atomic E-state index is 9.93. The number of hydrogen-bond acceptors (Lipinski definition) is 2. The molecule has 1 heterocycles. The zero-order valence-corrected chi connectivity index (χ0v) is 14.7. The van der Waals surface area contributed by atoms with E-state index in [1.54, 1.807) is 6.92 Å². The van der Waals surface area contributed by atoms with E-state index in [9.17, 15) is 5.11 Å². The van der Waals surface area contributed by atoms with Crippen molar-refractivity contribution in [3.05, 3.63) is 77.1 Å². The van der Waals surface area contributed by atoms with Gasteiger partial charge in [-0.25, -0.2) is 4.98 Å². The molecule has 126 valence electrons. The van der Waals surface area contributed by atoms with Gasteiger partial charge in [0.15, 0.2) is 0 Å². The molecule has 0 saturated carbocycles. The Kier molecular flexibility index (Phi) is 4.20. The summed E-state index contributed by atoms with van der Waals surface area (Å²) in [6, 6.07) is 20.4. The first-order valence-corrected chi connectivity index (χ1v) is 8.79. The SMILES string of the molecule is CC(O)Cn1c(Cc2cccc3ccccc23)nc2cc(Cl)ccc21. The van der Waals surface area contributed by atoms with E-state index in [4.69, 9.17) is 16.6 Å². The molecule has 4 heteroatoms. The summed E-state index contributed by atoms with van der Waals surface area (Å²) < 4.78 is 2.10. The Bertz CT molecular complexity index is 1050. The maximum absolute atomic E-state index is 9.93. The van der Waals surface area contributed by atoms with Crippen molar-refractivity contribution in [3.8, 4) is 0 Å². The molecule has 0 bridgehead atoms. The average Bonchev–Trinajstić information content (AvgIpc) is 2.91. The lowest BCUT2D eigenvalue weighted by Crippen LogP contribution is -2.14. The molecular weight excluding hydrogens is 332 g/mol. The molecule has 4 rings (SSSR count). The Morgan fingerprint density at radius 2 is 1.88 bits per heavy atom. The Morgan fingerprint density at radius 3 is 2.72 bits per heavy atom. The fourth-order valence-corrected chi connectivity index (χ4v) is 3.54. The summed E-state index contributed by atoms with van der Waals surface area (Å²) >= 11 is 6.13. The monoisotopic (exact) mass is 350 g/mol. The van der Waals surface area contributed by atoms with Crippen LogP contribution in [-0.4, -0.2) is 20.8 Å². The Balaban J connectivity index is 1.85. The van der Waals surface area contributed by atoms with Gasteiger partial charge in [-0.3, -0.25) is 0 Å². The van der Waals surface area contributed by atoms with E-state index in [0.717, 1.165) is 16.9 Å². The number of nitrogens with zero attached hydrogens (tertiary/aromatic N) is 2. The van der Waals surface area contributed by atoms with E-state index in [1.807, 2.05) is 18.2 Å². The number of aliphatic hydroxyl groups excluding tert-OH is 1. The molecule has 0 saturated heterocycles. The number of aromatic nitrogens is 2. The molecule has 1 unspecified atom stereocenters. The zero-order chi connectivity index (χ0) is 17.4. The number of imidazole rings is 1. The van der Waals surface area contributed by atoms with Crippen LogP contribution >= 0.6 is 11.6 Å². The molecule has 0 spiro atoms. The Morgan fingerprint density at radius 1 is 1.08 bits per heavy atom.